The predicted molar refractivity (Wildman–Crippen MR) is 49.1 cm³/mol. The van der Waals surface area contributed by atoms with Crippen LogP contribution in [0, 0.1) is 0 Å². The smallest absolute Gasteiger partial charge is 0.242 e. The van der Waals surface area contributed by atoms with Crippen molar-refractivity contribution < 1.29 is 9.84 Å². The Hall–Kier alpha value is 1.46. The molecule has 0 amide bonds. The Bertz CT molecular complexity index is 101. The standard InChI is InChI=1S/C4H6Br2Cl2O2/c5-1-3(6)10-4(7,8)2-9/h3,9H,1-2H2. The van der Waals surface area contributed by atoms with Gasteiger partial charge in [0.2, 0.25) is 4.52 Å². The summed E-state index contributed by atoms with van der Waals surface area (Å²) in [6.07, 6.45) is 0. The van der Waals surface area contributed by atoms with E-state index in [4.69, 9.17) is 33.0 Å². The van der Waals surface area contributed by atoms with Crippen molar-refractivity contribution in [2.75, 3.05) is 11.9 Å². The van der Waals surface area contributed by atoms with Gasteiger partial charge in [0.1, 0.15) is 11.6 Å². The molecular formula is C4H6Br2Cl2O2. The average molecular weight is 317 g/mol. The fourth-order valence-electron chi connectivity index (χ4n) is 0.256. The third-order valence-electron chi connectivity index (χ3n) is 0.606. The molecule has 0 aromatic heterocycles. The van der Waals surface area contributed by atoms with Gasteiger partial charge in [-0.25, -0.2) is 0 Å². The van der Waals surface area contributed by atoms with Gasteiger partial charge in [0.25, 0.3) is 0 Å². The minimum atomic E-state index is -1.51. The van der Waals surface area contributed by atoms with Crippen molar-refractivity contribution >= 4 is 55.1 Å². The fraction of sp³-hybridized carbons (Fsp3) is 1.00. The molecule has 6 heteroatoms. The van der Waals surface area contributed by atoms with Gasteiger partial charge in [-0.2, -0.15) is 0 Å². The van der Waals surface area contributed by atoms with E-state index in [0.29, 0.717) is 5.33 Å². The second-order valence-corrected chi connectivity index (χ2v) is 4.56. The molecule has 0 aliphatic heterocycles. The second kappa shape index (κ2) is 5.17. The molecule has 1 N–H and O–H groups in total. The van der Waals surface area contributed by atoms with Gasteiger partial charge in [-0.3, -0.25) is 0 Å². The zero-order chi connectivity index (χ0) is 8.20. The van der Waals surface area contributed by atoms with Gasteiger partial charge in [0.15, 0.2) is 0 Å². The summed E-state index contributed by atoms with van der Waals surface area (Å²) in [5.41, 5.74) is 0. The number of aliphatic hydroxyl groups excluding tert-OH is 1. The number of hydrogen-bond donors (Lipinski definition) is 1. The van der Waals surface area contributed by atoms with Gasteiger partial charge >= 0.3 is 0 Å². The topological polar surface area (TPSA) is 29.5 Å². The molecule has 0 aromatic carbocycles. The SMILES string of the molecule is OCC(Cl)(Cl)OC(Br)CBr. The molecule has 0 fully saturated rings. The lowest BCUT2D eigenvalue weighted by atomic mass is 10.7. The summed E-state index contributed by atoms with van der Waals surface area (Å²) >= 11 is 17.1. The number of ether oxygens (including phenoxy) is 1. The third-order valence-corrected chi connectivity index (χ3v) is 2.99. The van der Waals surface area contributed by atoms with E-state index >= 15 is 0 Å². The van der Waals surface area contributed by atoms with Crippen LogP contribution in [0.15, 0.2) is 0 Å². The third kappa shape index (κ3) is 5.16. The Balaban J connectivity index is 3.64. The maximum atomic E-state index is 8.51. The van der Waals surface area contributed by atoms with E-state index in [1.54, 1.807) is 0 Å². The summed E-state index contributed by atoms with van der Waals surface area (Å²) in [5.74, 6) is 0. The molecule has 1 unspecified atom stereocenters. The highest BCUT2D eigenvalue weighted by molar-refractivity contribution is 9.12. The number of alkyl halides is 4. The number of hydrogen-bond acceptors (Lipinski definition) is 2. The highest BCUT2D eigenvalue weighted by atomic mass is 79.9. The first-order chi connectivity index (χ1) is 4.52. The summed E-state index contributed by atoms with van der Waals surface area (Å²) in [6, 6.07) is 0. The molecule has 0 saturated carbocycles. The number of aliphatic hydroxyl groups is 1. The van der Waals surface area contributed by atoms with Crippen molar-refractivity contribution in [3.63, 3.8) is 0 Å². The lowest BCUT2D eigenvalue weighted by Crippen LogP contribution is -2.27. The van der Waals surface area contributed by atoms with Crippen LogP contribution >= 0.6 is 55.1 Å². The molecule has 0 saturated heterocycles. The molecule has 0 radical (unpaired) electrons. The van der Waals surface area contributed by atoms with Gasteiger partial charge in [-0.05, 0) is 0 Å². The van der Waals surface area contributed by atoms with Gasteiger partial charge in [-0.1, -0.05) is 55.1 Å². The maximum Gasteiger partial charge on any atom is 0.242 e. The quantitative estimate of drug-likeness (QED) is 0.806. The molecule has 0 rings (SSSR count). The van der Waals surface area contributed by atoms with Crippen LogP contribution in [0.4, 0.5) is 0 Å². The molecule has 0 heterocycles. The zero-order valence-electron chi connectivity index (χ0n) is 4.86. The van der Waals surface area contributed by atoms with Crippen molar-refractivity contribution in [1.29, 1.82) is 0 Å². The normalized spacial score (nSPS) is 15.3. The Labute approximate surface area is 86.1 Å². The molecule has 0 aliphatic rings. The van der Waals surface area contributed by atoms with E-state index < -0.39 is 11.1 Å². The van der Waals surface area contributed by atoms with E-state index in [1.165, 1.54) is 0 Å². The first-order valence-corrected chi connectivity index (χ1v) is 5.17. The van der Waals surface area contributed by atoms with Crippen LogP contribution in [0.25, 0.3) is 0 Å². The van der Waals surface area contributed by atoms with Crippen molar-refractivity contribution in [1.82, 2.24) is 0 Å². The molecule has 0 bridgehead atoms. The molecule has 0 aliphatic carbocycles. The minimum absolute atomic E-state index is 0.297. The maximum absolute atomic E-state index is 8.51. The molecule has 0 aromatic rings. The van der Waals surface area contributed by atoms with Crippen molar-refractivity contribution in [3.8, 4) is 0 Å². The van der Waals surface area contributed by atoms with Crippen LogP contribution in [0.3, 0.4) is 0 Å². The first kappa shape index (κ1) is 11.5. The van der Waals surface area contributed by atoms with Crippen LogP contribution in [0.1, 0.15) is 0 Å². The molecule has 10 heavy (non-hydrogen) atoms. The highest BCUT2D eigenvalue weighted by Crippen LogP contribution is 2.25. The summed E-state index contributed by atoms with van der Waals surface area (Å²) < 4.78 is 3.37. The van der Waals surface area contributed by atoms with Crippen molar-refractivity contribution in [3.05, 3.63) is 0 Å². The number of halogens is 4. The lowest BCUT2D eigenvalue weighted by Gasteiger charge is -2.19. The summed E-state index contributed by atoms with van der Waals surface area (Å²) in [5, 5.41) is 8.77. The van der Waals surface area contributed by atoms with Crippen molar-refractivity contribution in [2.24, 2.45) is 0 Å². The monoisotopic (exact) mass is 314 g/mol. The second-order valence-electron chi connectivity index (χ2n) is 1.48. The Kier molecular flexibility index (Phi) is 5.92. The molecular weight excluding hydrogens is 311 g/mol. The largest absolute Gasteiger partial charge is 0.391 e. The van der Waals surface area contributed by atoms with Crippen LogP contribution in [0.2, 0.25) is 0 Å². The van der Waals surface area contributed by atoms with E-state index in [-0.39, 0.29) is 5.01 Å². The van der Waals surface area contributed by atoms with Crippen LogP contribution in [0.5, 0.6) is 0 Å². The van der Waals surface area contributed by atoms with E-state index in [0.717, 1.165) is 0 Å². The summed E-state index contributed by atoms with van der Waals surface area (Å²) in [7, 11) is 0. The average Bonchev–Trinajstić information content (AvgIpc) is 1.87. The zero-order valence-corrected chi connectivity index (χ0v) is 9.54. The van der Waals surface area contributed by atoms with Crippen LogP contribution < -0.4 is 0 Å². The highest BCUT2D eigenvalue weighted by Gasteiger charge is 2.26. The fourth-order valence-corrected chi connectivity index (χ4v) is 1.14. The first-order valence-electron chi connectivity index (χ1n) is 2.38. The van der Waals surface area contributed by atoms with Gasteiger partial charge < -0.3 is 9.84 Å². The van der Waals surface area contributed by atoms with Gasteiger partial charge in [0, 0.05) is 5.33 Å². The number of rotatable bonds is 4. The van der Waals surface area contributed by atoms with Crippen LogP contribution in [-0.2, 0) is 4.74 Å². The Morgan fingerprint density at radius 1 is 1.60 bits per heavy atom. The van der Waals surface area contributed by atoms with Gasteiger partial charge in [0.05, 0.1) is 0 Å². The molecule has 1 atom stereocenters. The van der Waals surface area contributed by atoms with E-state index in [1.807, 2.05) is 0 Å². The predicted octanol–water partition coefficient (Wildman–Crippen LogP) is 2.24. The van der Waals surface area contributed by atoms with E-state index in [2.05, 4.69) is 31.9 Å². The van der Waals surface area contributed by atoms with Crippen molar-refractivity contribution in [2.45, 2.75) is 9.53 Å². The van der Waals surface area contributed by atoms with E-state index in [9.17, 15) is 0 Å². The molecule has 0 spiro atoms. The Morgan fingerprint density at radius 3 is 2.40 bits per heavy atom. The Morgan fingerprint density at radius 2 is 2.10 bits per heavy atom. The molecule has 62 valence electrons. The molecule has 2 nitrogen and oxygen atoms in total. The van der Waals surface area contributed by atoms with Gasteiger partial charge in [-0.15, -0.1) is 0 Å². The summed E-state index contributed by atoms with van der Waals surface area (Å²) in [4.78, 5) is 0. The van der Waals surface area contributed by atoms with Crippen LogP contribution in [-0.4, -0.2) is 26.6 Å². The minimum Gasteiger partial charge on any atom is -0.391 e. The lowest BCUT2D eigenvalue weighted by molar-refractivity contribution is 0.0328. The summed E-state index contributed by atoms with van der Waals surface area (Å²) in [6.45, 7) is -0.439.